The number of hydrogen-bond acceptors (Lipinski definition) is 5. The summed E-state index contributed by atoms with van der Waals surface area (Å²) in [5, 5.41) is 21.7. The van der Waals surface area contributed by atoms with Gasteiger partial charge in [-0.25, -0.2) is 4.79 Å². The van der Waals surface area contributed by atoms with Crippen LogP contribution in [-0.2, 0) is 14.4 Å². The summed E-state index contributed by atoms with van der Waals surface area (Å²) in [5.41, 5.74) is 1.84. The average molecular weight is 386 g/mol. The summed E-state index contributed by atoms with van der Waals surface area (Å²) in [7, 11) is 2.01. The number of carboxylic acid groups (broad SMARTS) is 2. The van der Waals surface area contributed by atoms with Crippen LogP contribution >= 0.6 is 0 Å². The second-order valence-electron chi connectivity index (χ2n) is 6.75. The predicted molar refractivity (Wildman–Crippen MR) is 103 cm³/mol. The van der Waals surface area contributed by atoms with E-state index in [0.29, 0.717) is 29.7 Å². The van der Waals surface area contributed by atoms with E-state index in [1.54, 1.807) is 24.4 Å². The molecule has 0 spiro atoms. The van der Waals surface area contributed by atoms with Crippen molar-refractivity contribution in [1.29, 1.82) is 0 Å². The minimum atomic E-state index is -1.21. The highest BCUT2D eigenvalue weighted by molar-refractivity contribution is 6.03. The maximum atomic E-state index is 12.0. The first-order valence-electron chi connectivity index (χ1n) is 8.83. The minimum absolute atomic E-state index is 0.455. The molecule has 1 aromatic heterocycles. The molecule has 3 rings (SSSR count). The molecule has 1 aromatic carbocycles. The lowest BCUT2D eigenvalue weighted by atomic mass is 10.0. The fourth-order valence-electron chi connectivity index (χ4n) is 3.34. The van der Waals surface area contributed by atoms with Gasteiger partial charge in [0.05, 0.1) is 0 Å². The number of carboxylic acids is 2. The van der Waals surface area contributed by atoms with Crippen LogP contribution in [0.15, 0.2) is 36.5 Å². The number of aromatic amines is 1. The van der Waals surface area contributed by atoms with E-state index in [-0.39, 0.29) is 0 Å². The molecule has 2 heterocycles. The van der Waals surface area contributed by atoms with Crippen LogP contribution in [0.2, 0.25) is 0 Å². The van der Waals surface area contributed by atoms with Gasteiger partial charge in [0.1, 0.15) is 6.04 Å². The second kappa shape index (κ2) is 8.24. The van der Waals surface area contributed by atoms with Crippen molar-refractivity contribution >= 4 is 34.4 Å². The Hall–Kier alpha value is -3.17. The lowest BCUT2D eigenvalue weighted by Gasteiger charge is -2.36. The lowest BCUT2D eigenvalue weighted by Crippen LogP contribution is -2.47. The van der Waals surface area contributed by atoms with Gasteiger partial charge in [-0.2, -0.15) is 0 Å². The van der Waals surface area contributed by atoms with Gasteiger partial charge >= 0.3 is 11.9 Å². The van der Waals surface area contributed by atoms with E-state index >= 15 is 0 Å². The van der Waals surface area contributed by atoms with E-state index < -0.39 is 23.9 Å². The Bertz CT molecular complexity index is 928. The van der Waals surface area contributed by atoms with E-state index in [4.69, 9.17) is 5.11 Å². The number of carbonyl (C=O) groups excluding carboxylic acids is 1. The Morgan fingerprint density at radius 3 is 2.50 bits per heavy atom. The molecule has 0 bridgehead atoms. The van der Waals surface area contributed by atoms with E-state index in [1.165, 1.54) is 0 Å². The Labute approximate surface area is 161 Å². The highest BCUT2D eigenvalue weighted by Crippen LogP contribution is 2.31. The molecule has 2 aromatic rings. The SMILES string of the molecule is CN1CCN(C(C(=O)O)c2c[nH]c3ccc(NC(=O)/C=C/C(=O)O)cc23)CC1. The normalized spacial score (nSPS) is 17.0. The molecule has 9 heteroatoms. The summed E-state index contributed by atoms with van der Waals surface area (Å²) < 4.78 is 0. The largest absolute Gasteiger partial charge is 0.480 e. The molecule has 1 fully saturated rings. The first-order chi connectivity index (χ1) is 13.3. The first-order valence-corrected chi connectivity index (χ1v) is 8.83. The summed E-state index contributed by atoms with van der Waals surface area (Å²) in [4.78, 5) is 41.5. The van der Waals surface area contributed by atoms with Gasteiger partial charge in [0, 0.05) is 66.7 Å². The third-order valence-corrected chi connectivity index (χ3v) is 4.79. The maximum Gasteiger partial charge on any atom is 0.328 e. The van der Waals surface area contributed by atoms with Gasteiger partial charge in [0.25, 0.3) is 0 Å². The molecule has 1 atom stereocenters. The molecule has 1 aliphatic rings. The number of aliphatic carboxylic acids is 2. The molecule has 9 nitrogen and oxygen atoms in total. The quantitative estimate of drug-likeness (QED) is 0.548. The Morgan fingerprint density at radius 2 is 1.86 bits per heavy atom. The predicted octanol–water partition coefficient (Wildman–Crippen LogP) is 1.12. The molecule has 0 aliphatic carbocycles. The maximum absolute atomic E-state index is 12.0. The number of amides is 1. The van der Waals surface area contributed by atoms with Crippen molar-refractivity contribution < 1.29 is 24.6 Å². The standard InChI is InChI=1S/C19H22N4O5/c1-22-6-8-23(9-7-22)18(19(27)28)14-11-20-15-3-2-12(10-13(14)15)21-16(24)4-5-17(25)26/h2-5,10-11,18,20H,6-9H2,1H3,(H,21,24)(H,25,26)(H,27,28)/b5-4+. The van der Waals surface area contributed by atoms with Gasteiger partial charge in [0.15, 0.2) is 0 Å². The number of nitrogens with zero attached hydrogens (tertiary/aromatic N) is 2. The number of piperazine rings is 1. The van der Waals surface area contributed by atoms with Crippen molar-refractivity contribution in [2.24, 2.45) is 0 Å². The fraction of sp³-hybridized carbons (Fsp3) is 0.316. The summed E-state index contributed by atoms with van der Waals surface area (Å²) in [6.07, 6.45) is 3.37. The van der Waals surface area contributed by atoms with Crippen LogP contribution in [0.3, 0.4) is 0 Å². The number of H-pyrrole nitrogens is 1. The van der Waals surface area contributed by atoms with Gasteiger partial charge in [-0.05, 0) is 25.2 Å². The lowest BCUT2D eigenvalue weighted by molar-refractivity contribution is -0.144. The number of benzene rings is 1. The van der Waals surface area contributed by atoms with Gasteiger partial charge in [-0.3, -0.25) is 14.5 Å². The molecular formula is C19H22N4O5. The van der Waals surface area contributed by atoms with Crippen LogP contribution in [0.1, 0.15) is 11.6 Å². The third kappa shape index (κ3) is 4.38. The van der Waals surface area contributed by atoms with Crippen LogP contribution in [0.5, 0.6) is 0 Å². The highest BCUT2D eigenvalue weighted by atomic mass is 16.4. The molecule has 4 N–H and O–H groups in total. The summed E-state index contributed by atoms with van der Waals surface area (Å²) >= 11 is 0. The van der Waals surface area contributed by atoms with Gasteiger partial charge in [0.2, 0.25) is 5.91 Å². The van der Waals surface area contributed by atoms with Crippen LogP contribution < -0.4 is 5.32 Å². The monoisotopic (exact) mass is 386 g/mol. The number of likely N-dealkylation sites (N-methyl/N-ethyl adjacent to an activating group) is 1. The number of fused-ring (bicyclic) bond motifs is 1. The van der Waals surface area contributed by atoms with Crippen LogP contribution in [0.25, 0.3) is 10.9 Å². The summed E-state index contributed by atoms with van der Waals surface area (Å²) in [6, 6.07) is 4.32. The Morgan fingerprint density at radius 1 is 1.14 bits per heavy atom. The van der Waals surface area contributed by atoms with E-state index in [9.17, 15) is 19.5 Å². The number of nitrogens with one attached hydrogen (secondary N) is 2. The molecular weight excluding hydrogens is 364 g/mol. The van der Waals surface area contributed by atoms with Gasteiger partial charge < -0.3 is 25.4 Å². The zero-order valence-corrected chi connectivity index (χ0v) is 15.4. The summed E-state index contributed by atoms with van der Waals surface area (Å²) in [5.74, 6) is -2.72. The van der Waals surface area contributed by atoms with E-state index in [0.717, 1.165) is 30.8 Å². The van der Waals surface area contributed by atoms with Crippen LogP contribution in [0.4, 0.5) is 5.69 Å². The number of rotatable bonds is 6. The minimum Gasteiger partial charge on any atom is -0.480 e. The topological polar surface area (TPSA) is 126 Å². The zero-order valence-electron chi connectivity index (χ0n) is 15.4. The molecule has 0 saturated carbocycles. The average Bonchev–Trinajstić information content (AvgIpc) is 3.04. The van der Waals surface area contributed by atoms with E-state index in [1.807, 2.05) is 11.9 Å². The fourth-order valence-corrected chi connectivity index (χ4v) is 3.34. The smallest absolute Gasteiger partial charge is 0.328 e. The van der Waals surface area contributed by atoms with Crippen LogP contribution in [-0.4, -0.2) is 76.1 Å². The van der Waals surface area contributed by atoms with E-state index in [2.05, 4.69) is 15.2 Å². The molecule has 1 unspecified atom stereocenters. The number of anilines is 1. The highest BCUT2D eigenvalue weighted by Gasteiger charge is 2.31. The van der Waals surface area contributed by atoms with Crippen molar-refractivity contribution in [1.82, 2.24) is 14.8 Å². The molecule has 0 radical (unpaired) electrons. The van der Waals surface area contributed by atoms with Gasteiger partial charge in [-0.1, -0.05) is 0 Å². The third-order valence-electron chi connectivity index (χ3n) is 4.79. The van der Waals surface area contributed by atoms with Crippen molar-refractivity contribution in [3.63, 3.8) is 0 Å². The van der Waals surface area contributed by atoms with Crippen molar-refractivity contribution in [3.05, 3.63) is 42.1 Å². The van der Waals surface area contributed by atoms with Crippen molar-refractivity contribution in [3.8, 4) is 0 Å². The molecule has 1 saturated heterocycles. The summed E-state index contributed by atoms with van der Waals surface area (Å²) in [6.45, 7) is 2.89. The molecule has 28 heavy (non-hydrogen) atoms. The Balaban J connectivity index is 1.89. The molecule has 148 valence electrons. The molecule has 1 aliphatic heterocycles. The first kappa shape index (κ1) is 19.6. The van der Waals surface area contributed by atoms with Crippen molar-refractivity contribution in [2.45, 2.75) is 6.04 Å². The van der Waals surface area contributed by atoms with Crippen molar-refractivity contribution in [2.75, 3.05) is 38.5 Å². The van der Waals surface area contributed by atoms with Crippen LogP contribution in [0, 0.1) is 0 Å². The number of carbonyl (C=O) groups is 3. The Kier molecular flexibility index (Phi) is 5.76. The molecule has 1 amide bonds. The zero-order chi connectivity index (χ0) is 20.3. The second-order valence-corrected chi connectivity index (χ2v) is 6.75. The van der Waals surface area contributed by atoms with Gasteiger partial charge in [-0.15, -0.1) is 0 Å². The number of aromatic nitrogens is 1. The number of hydrogen-bond donors (Lipinski definition) is 4.